The summed E-state index contributed by atoms with van der Waals surface area (Å²) >= 11 is 11.9. The Labute approximate surface area is 112 Å². The summed E-state index contributed by atoms with van der Waals surface area (Å²) in [5.41, 5.74) is 0.439. The highest BCUT2D eigenvalue weighted by Crippen LogP contribution is 2.25. The molecule has 0 fully saturated rings. The summed E-state index contributed by atoms with van der Waals surface area (Å²) in [6.45, 7) is 4.15. The van der Waals surface area contributed by atoms with Gasteiger partial charge in [0.25, 0.3) is 5.91 Å². The van der Waals surface area contributed by atoms with Gasteiger partial charge in [0.1, 0.15) is 0 Å². The highest BCUT2D eigenvalue weighted by molar-refractivity contribution is 6.43. The average Bonchev–Trinajstić information content (AvgIpc) is 2.31. The van der Waals surface area contributed by atoms with E-state index in [1.54, 1.807) is 18.2 Å². The SMILES string of the molecule is CCCC(CC)NC(=O)c1cccc(Cl)c1Cl. The van der Waals surface area contributed by atoms with Crippen molar-refractivity contribution in [3.8, 4) is 0 Å². The number of hydrogen-bond acceptors (Lipinski definition) is 1. The normalized spacial score (nSPS) is 12.2. The first-order valence-corrected chi connectivity index (χ1v) is 6.60. The monoisotopic (exact) mass is 273 g/mol. The van der Waals surface area contributed by atoms with Crippen LogP contribution in [0, 0.1) is 0 Å². The van der Waals surface area contributed by atoms with Gasteiger partial charge in [-0.25, -0.2) is 0 Å². The van der Waals surface area contributed by atoms with E-state index >= 15 is 0 Å². The maximum atomic E-state index is 12.0. The minimum Gasteiger partial charge on any atom is -0.349 e. The number of benzene rings is 1. The standard InChI is InChI=1S/C13H17Cl2NO/c1-3-6-9(4-2)16-13(17)10-7-5-8-11(14)12(10)15/h5,7-9H,3-4,6H2,1-2H3,(H,16,17). The Kier molecular flexibility index (Phi) is 5.79. The van der Waals surface area contributed by atoms with E-state index in [0.717, 1.165) is 19.3 Å². The molecule has 94 valence electrons. The van der Waals surface area contributed by atoms with Crippen molar-refractivity contribution in [2.24, 2.45) is 0 Å². The first-order chi connectivity index (χ1) is 8.10. The smallest absolute Gasteiger partial charge is 0.253 e. The van der Waals surface area contributed by atoms with E-state index in [0.29, 0.717) is 15.6 Å². The van der Waals surface area contributed by atoms with Crippen LogP contribution in [0.5, 0.6) is 0 Å². The molecule has 17 heavy (non-hydrogen) atoms. The molecule has 0 aromatic heterocycles. The average molecular weight is 274 g/mol. The first-order valence-electron chi connectivity index (χ1n) is 5.85. The van der Waals surface area contributed by atoms with Crippen molar-refractivity contribution in [3.05, 3.63) is 33.8 Å². The van der Waals surface area contributed by atoms with E-state index in [2.05, 4.69) is 19.2 Å². The Balaban J connectivity index is 2.79. The predicted molar refractivity (Wildman–Crippen MR) is 72.9 cm³/mol. The summed E-state index contributed by atoms with van der Waals surface area (Å²) in [6, 6.07) is 5.28. The molecule has 1 amide bonds. The van der Waals surface area contributed by atoms with Gasteiger partial charge in [-0.3, -0.25) is 4.79 Å². The van der Waals surface area contributed by atoms with E-state index in [1.165, 1.54) is 0 Å². The van der Waals surface area contributed by atoms with E-state index < -0.39 is 0 Å². The lowest BCUT2D eigenvalue weighted by molar-refractivity contribution is 0.0934. The molecular formula is C13H17Cl2NO. The van der Waals surface area contributed by atoms with Crippen molar-refractivity contribution >= 4 is 29.1 Å². The third-order valence-electron chi connectivity index (χ3n) is 2.66. The largest absolute Gasteiger partial charge is 0.349 e. The van der Waals surface area contributed by atoms with Crippen LogP contribution in [0.1, 0.15) is 43.5 Å². The highest BCUT2D eigenvalue weighted by Gasteiger charge is 2.15. The number of halogens is 2. The fraction of sp³-hybridized carbons (Fsp3) is 0.462. The van der Waals surface area contributed by atoms with Crippen LogP contribution in [-0.4, -0.2) is 11.9 Å². The first kappa shape index (κ1) is 14.3. The maximum Gasteiger partial charge on any atom is 0.253 e. The topological polar surface area (TPSA) is 29.1 Å². The Morgan fingerprint density at radius 2 is 2.06 bits per heavy atom. The molecule has 1 N–H and O–H groups in total. The maximum absolute atomic E-state index is 12.0. The third-order valence-corrected chi connectivity index (χ3v) is 3.48. The van der Waals surface area contributed by atoms with Gasteiger partial charge in [0.2, 0.25) is 0 Å². The van der Waals surface area contributed by atoms with Crippen molar-refractivity contribution in [2.75, 3.05) is 0 Å². The van der Waals surface area contributed by atoms with Gasteiger partial charge in [-0.05, 0) is 25.0 Å². The van der Waals surface area contributed by atoms with Crippen molar-refractivity contribution in [1.29, 1.82) is 0 Å². The molecule has 0 aliphatic rings. The van der Waals surface area contributed by atoms with E-state index in [9.17, 15) is 4.79 Å². The zero-order valence-corrected chi connectivity index (χ0v) is 11.6. The molecule has 1 aromatic carbocycles. The zero-order chi connectivity index (χ0) is 12.8. The second-order valence-corrected chi connectivity index (χ2v) is 4.75. The molecule has 1 rings (SSSR count). The Morgan fingerprint density at radius 1 is 1.35 bits per heavy atom. The van der Waals surface area contributed by atoms with Crippen LogP contribution in [0.25, 0.3) is 0 Å². The van der Waals surface area contributed by atoms with Crippen LogP contribution >= 0.6 is 23.2 Å². The highest BCUT2D eigenvalue weighted by atomic mass is 35.5. The molecule has 0 saturated heterocycles. The van der Waals surface area contributed by atoms with Crippen LogP contribution < -0.4 is 5.32 Å². The van der Waals surface area contributed by atoms with Crippen molar-refractivity contribution in [1.82, 2.24) is 5.32 Å². The molecule has 2 nitrogen and oxygen atoms in total. The summed E-state index contributed by atoms with van der Waals surface area (Å²) in [7, 11) is 0. The summed E-state index contributed by atoms with van der Waals surface area (Å²) in [5, 5.41) is 3.69. The number of hydrogen-bond donors (Lipinski definition) is 1. The molecule has 0 saturated carbocycles. The van der Waals surface area contributed by atoms with E-state index in [4.69, 9.17) is 23.2 Å². The Morgan fingerprint density at radius 3 is 2.65 bits per heavy atom. The van der Waals surface area contributed by atoms with Gasteiger partial charge in [-0.2, -0.15) is 0 Å². The van der Waals surface area contributed by atoms with Crippen LogP contribution in [-0.2, 0) is 0 Å². The molecular weight excluding hydrogens is 257 g/mol. The summed E-state index contributed by atoms with van der Waals surface area (Å²) < 4.78 is 0. The lowest BCUT2D eigenvalue weighted by Gasteiger charge is -2.16. The zero-order valence-electron chi connectivity index (χ0n) is 10.1. The predicted octanol–water partition coefficient (Wildman–Crippen LogP) is 4.30. The number of amides is 1. The molecule has 0 spiro atoms. The van der Waals surface area contributed by atoms with Gasteiger partial charge >= 0.3 is 0 Å². The molecule has 0 bridgehead atoms. The molecule has 0 aliphatic heterocycles. The summed E-state index contributed by atoms with van der Waals surface area (Å²) in [6.07, 6.45) is 2.93. The van der Waals surface area contributed by atoms with Gasteiger partial charge in [-0.15, -0.1) is 0 Å². The summed E-state index contributed by atoms with van der Waals surface area (Å²) in [5.74, 6) is -0.155. The minimum atomic E-state index is -0.155. The lowest BCUT2D eigenvalue weighted by atomic mass is 10.1. The quantitative estimate of drug-likeness (QED) is 0.852. The van der Waals surface area contributed by atoms with Crippen molar-refractivity contribution < 1.29 is 4.79 Å². The summed E-state index contributed by atoms with van der Waals surface area (Å²) in [4.78, 5) is 12.0. The second-order valence-electron chi connectivity index (χ2n) is 3.97. The number of nitrogens with one attached hydrogen (secondary N) is 1. The second kappa shape index (κ2) is 6.87. The molecule has 0 radical (unpaired) electrons. The molecule has 1 atom stereocenters. The van der Waals surface area contributed by atoms with Crippen molar-refractivity contribution in [3.63, 3.8) is 0 Å². The Hall–Kier alpha value is -0.730. The van der Waals surface area contributed by atoms with Gasteiger partial charge in [-0.1, -0.05) is 49.5 Å². The third kappa shape index (κ3) is 3.90. The molecule has 1 unspecified atom stereocenters. The van der Waals surface area contributed by atoms with Gasteiger partial charge in [0.05, 0.1) is 15.6 Å². The fourth-order valence-electron chi connectivity index (χ4n) is 1.67. The minimum absolute atomic E-state index is 0.155. The van der Waals surface area contributed by atoms with Gasteiger partial charge in [0, 0.05) is 6.04 Å². The molecule has 4 heteroatoms. The number of rotatable bonds is 5. The van der Waals surface area contributed by atoms with Gasteiger partial charge < -0.3 is 5.32 Å². The van der Waals surface area contributed by atoms with Crippen LogP contribution in [0.15, 0.2) is 18.2 Å². The fourth-order valence-corrected chi connectivity index (χ4v) is 2.06. The van der Waals surface area contributed by atoms with Crippen LogP contribution in [0.4, 0.5) is 0 Å². The van der Waals surface area contributed by atoms with Crippen LogP contribution in [0.2, 0.25) is 10.0 Å². The van der Waals surface area contributed by atoms with E-state index in [-0.39, 0.29) is 11.9 Å². The Bertz CT molecular complexity index is 393. The van der Waals surface area contributed by atoms with E-state index in [1.807, 2.05) is 0 Å². The molecule has 0 heterocycles. The van der Waals surface area contributed by atoms with Crippen molar-refractivity contribution in [2.45, 2.75) is 39.2 Å². The van der Waals surface area contributed by atoms with Gasteiger partial charge in [0.15, 0.2) is 0 Å². The lowest BCUT2D eigenvalue weighted by Crippen LogP contribution is -2.34. The van der Waals surface area contributed by atoms with Crippen LogP contribution in [0.3, 0.4) is 0 Å². The molecule has 0 aliphatic carbocycles. The number of carbonyl (C=O) groups excluding carboxylic acids is 1. The number of carbonyl (C=O) groups is 1. The molecule has 1 aromatic rings.